The van der Waals surface area contributed by atoms with Gasteiger partial charge < -0.3 is 13.5 Å². The molecule has 136 valence electrons. The molecule has 0 aliphatic rings. The van der Waals surface area contributed by atoms with Crippen LogP contribution in [0.1, 0.15) is 23.6 Å². The summed E-state index contributed by atoms with van der Waals surface area (Å²) in [5.41, 5.74) is -4.04. The quantitative estimate of drug-likeness (QED) is 0.447. The molecule has 1 aromatic rings. The predicted octanol–water partition coefficient (Wildman–Crippen LogP) is 3.00. The molecule has 1 rings (SSSR count). The number of hydrogen-bond acceptors (Lipinski definition) is 5. The third-order valence-corrected chi connectivity index (χ3v) is 2.97. The molecular weight excluding hydrogens is 370 g/mol. The summed E-state index contributed by atoms with van der Waals surface area (Å²) in [4.78, 5) is 10.6. The maximum atomic E-state index is 13.0. The Hall–Kier alpha value is -1.82. The van der Waals surface area contributed by atoms with E-state index >= 15 is 0 Å². The fraction of sp³-hybridized carbons (Fsp3) is 0.417. The summed E-state index contributed by atoms with van der Waals surface area (Å²) in [6, 6.07) is 0.0657. The first-order valence-corrected chi connectivity index (χ1v) is 7.04. The van der Waals surface area contributed by atoms with E-state index in [-0.39, 0.29) is 12.1 Å². The molecule has 0 amide bonds. The summed E-state index contributed by atoms with van der Waals surface area (Å²) >= 11 is -3.50. The standard InChI is InChI=1S/C12H10F6O5S/c1-6(19)22-3-2-7-4-9(12(16,17)18)10(23-24(20)21)5-8(7)11(13,14)15/h4-5H,2-3H2,1H3,(H,20,21)/p-1. The van der Waals surface area contributed by atoms with Gasteiger partial charge in [0.25, 0.3) is 0 Å². The van der Waals surface area contributed by atoms with Crippen LogP contribution in [0.15, 0.2) is 12.1 Å². The molecule has 0 heterocycles. The van der Waals surface area contributed by atoms with Gasteiger partial charge in [-0.3, -0.25) is 4.79 Å². The zero-order chi connectivity index (χ0) is 18.7. The third-order valence-electron chi connectivity index (χ3n) is 2.65. The molecule has 0 N–H and O–H groups in total. The van der Waals surface area contributed by atoms with Crippen LogP contribution in [0.2, 0.25) is 0 Å². The van der Waals surface area contributed by atoms with E-state index in [1.165, 1.54) is 0 Å². The van der Waals surface area contributed by atoms with Gasteiger partial charge in [-0.25, -0.2) is 4.21 Å². The minimum absolute atomic E-state index is 0.0538. The highest BCUT2D eigenvalue weighted by atomic mass is 32.2. The van der Waals surface area contributed by atoms with Gasteiger partial charge in [-0.05, 0) is 17.7 Å². The zero-order valence-electron chi connectivity index (χ0n) is 11.8. The van der Waals surface area contributed by atoms with Gasteiger partial charge in [0.15, 0.2) is 5.75 Å². The lowest BCUT2D eigenvalue weighted by Crippen LogP contribution is -2.17. The summed E-state index contributed by atoms with van der Waals surface area (Å²) in [5, 5.41) is 0. The van der Waals surface area contributed by atoms with E-state index in [0.717, 1.165) is 6.92 Å². The van der Waals surface area contributed by atoms with E-state index in [2.05, 4.69) is 8.92 Å². The van der Waals surface area contributed by atoms with Crippen molar-refractivity contribution in [3.8, 4) is 5.75 Å². The van der Waals surface area contributed by atoms with Gasteiger partial charge in [0.2, 0.25) is 0 Å². The maximum absolute atomic E-state index is 13.0. The van der Waals surface area contributed by atoms with Crippen molar-refractivity contribution in [2.75, 3.05) is 6.61 Å². The van der Waals surface area contributed by atoms with E-state index < -0.39 is 65.2 Å². The Morgan fingerprint density at radius 1 is 1.12 bits per heavy atom. The van der Waals surface area contributed by atoms with Crippen LogP contribution in [-0.4, -0.2) is 21.3 Å². The number of carbonyl (C=O) groups excluding carboxylic acids is 1. The molecule has 0 saturated carbocycles. The second kappa shape index (κ2) is 7.38. The highest BCUT2D eigenvalue weighted by Gasteiger charge is 2.40. The van der Waals surface area contributed by atoms with E-state index in [4.69, 9.17) is 0 Å². The summed E-state index contributed by atoms with van der Waals surface area (Å²) in [7, 11) is 0. The highest BCUT2D eigenvalue weighted by Crippen LogP contribution is 2.42. The second-order valence-corrected chi connectivity index (χ2v) is 4.95. The van der Waals surface area contributed by atoms with Crippen LogP contribution in [0.25, 0.3) is 0 Å². The SMILES string of the molecule is CC(=O)OCCc1cc(C(F)(F)F)c(OS(=O)[O-])cc1C(F)(F)F. The molecule has 1 atom stereocenters. The number of ether oxygens (including phenoxy) is 1. The first-order valence-electron chi connectivity index (χ1n) is 6.04. The van der Waals surface area contributed by atoms with Gasteiger partial charge >= 0.3 is 18.3 Å². The number of alkyl halides is 6. The molecule has 0 bridgehead atoms. The summed E-state index contributed by atoms with van der Waals surface area (Å²) < 4.78 is 107. The molecule has 0 fully saturated rings. The van der Waals surface area contributed by atoms with Gasteiger partial charge in [-0.15, -0.1) is 0 Å². The van der Waals surface area contributed by atoms with Gasteiger partial charge in [-0.1, -0.05) is 0 Å². The molecule has 12 heteroatoms. The van der Waals surface area contributed by atoms with Crippen molar-refractivity contribution >= 4 is 17.3 Å². The van der Waals surface area contributed by atoms with Crippen LogP contribution in [0.4, 0.5) is 26.3 Å². The Balaban J connectivity index is 3.43. The van der Waals surface area contributed by atoms with Gasteiger partial charge in [-0.2, -0.15) is 26.3 Å². The lowest BCUT2D eigenvalue weighted by molar-refractivity contribution is -0.143. The normalized spacial score (nSPS) is 13.5. The smallest absolute Gasteiger partial charge is 0.420 e. The molecule has 0 saturated heterocycles. The van der Waals surface area contributed by atoms with Crippen LogP contribution in [0.5, 0.6) is 5.75 Å². The molecule has 0 aromatic heterocycles. The molecule has 0 radical (unpaired) electrons. The van der Waals surface area contributed by atoms with Crippen molar-refractivity contribution < 1.29 is 48.8 Å². The van der Waals surface area contributed by atoms with Crippen molar-refractivity contribution in [2.24, 2.45) is 0 Å². The first-order chi connectivity index (χ1) is 10.8. The number of carbonyl (C=O) groups is 1. The average molecular weight is 379 g/mol. The second-order valence-electron chi connectivity index (χ2n) is 4.38. The van der Waals surface area contributed by atoms with E-state index in [1.54, 1.807) is 0 Å². The average Bonchev–Trinajstić information content (AvgIpc) is 2.36. The van der Waals surface area contributed by atoms with E-state index in [1.807, 2.05) is 0 Å². The minimum Gasteiger partial charge on any atom is -0.740 e. The molecule has 0 aliphatic carbocycles. The number of benzene rings is 1. The Morgan fingerprint density at radius 3 is 2.08 bits per heavy atom. The maximum Gasteiger partial charge on any atom is 0.420 e. The summed E-state index contributed by atoms with van der Waals surface area (Å²) in [6.07, 6.45) is -10.9. The monoisotopic (exact) mass is 379 g/mol. The minimum atomic E-state index is -5.16. The van der Waals surface area contributed by atoms with Crippen LogP contribution in [0.3, 0.4) is 0 Å². The number of hydrogen-bond donors (Lipinski definition) is 0. The molecule has 1 unspecified atom stereocenters. The molecule has 0 spiro atoms. The van der Waals surface area contributed by atoms with Crippen LogP contribution >= 0.6 is 0 Å². The summed E-state index contributed by atoms with van der Waals surface area (Å²) in [6.45, 7) is 0.399. The number of esters is 1. The topological polar surface area (TPSA) is 75.7 Å². The number of halogens is 6. The van der Waals surface area contributed by atoms with Crippen molar-refractivity contribution in [1.29, 1.82) is 0 Å². The van der Waals surface area contributed by atoms with Gasteiger partial charge in [0.1, 0.15) is 11.4 Å². The third kappa shape index (κ3) is 5.67. The lowest BCUT2D eigenvalue weighted by Gasteiger charge is -2.20. The largest absolute Gasteiger partial charge is 0.740 e. The summed E-state index contributed by atoms with van der Waals surface area (Å²) in [5.74, 6) is -2.32. The van der Waals surface area contributed by atoms with Gasteiger partial charge in [0.05, 0.1) is 17.7 Å². The molecule has 0 aliphatic heterocycles. The number of rotatable bonds is 5. The fourth-order valence-corrected chi connectivity index (χ4v) is 2.05. The molecular formula is C12H9F6O5S-. The fourth-order valence-electron chi connectivity index (χ4n) is 1.76. The molecule has 24 heavy (non-hydrogen) atoms. The van der Waals surface area contributed by atoms with Gasteiger partial charge in [0, 0.05) is 13.3 Å². The molecule has 1 aromatic carbocycles. The predicted molar refractivity (Wildman–Crippen MR) is 66.3 cm³/mol. The van der Waals surface area contributed by atoms with E-state index in [0.29, 0.717) is 0 Å². The Bertz CT molecular complexity index is 640. The van der Waals surface area contributed by atoms with Crippen molar-refractivity contribution in [3.05, 3.63) is 28.8 Å². The van der Waals surface area contributed by atoms with Crippen molar-refractivity contribution in [1.82, 2.24) is 0 Å². The lowest BCUT2D eigenvalue weighted by atomic mass is 9.99. The van der Waals surface area contributed by atoms with Crippen LogP contribution < -0.4 is 4.18 Å². The zero-order valence-corrected chi connectivity index (χ0v) is 12.6. The van der Waals surface area contributed by atoms with Crippen molar-refractivity contribution in [3.63, 3.8) is 0 Å². The first kappa shape index (κ1) is 20.2. The Labute approximate surface area is 134 Å². The van der Waals surface area contributed by atoms with Crippen LogP contribution in [-0.2, 0) is 39.7 Å². The van der Waals surface area contributed by atoms with Crippen LogP contribution in [0, 0.1) is 0 Å². The van der Waals surface area contributed by atoms with Crippen molar-refractivity contribution in [2.45, 2.75) is 25.7 Å². The Morgan fingerprint density at radius 2 is 1.67 bits per heavy atom. The molecule has 5 nitrogen and oxygen atoms in total. The Kier molecular flexibility index (Phi) is 6.22. The highest BCUT2D eigenvalue weighted by molar-refractivity contribution is 7.74. The van der Waals surface area contributed by atoms with E-state index in [9.17, 15) is 39.9 Å².